The summed E-state index contributed by atoms with van der Waals surface area (Å²) in [5.41, 5.74) is 2.44. The predicted octanol–water partition coefficient (Wildman–Crippen LogP) is 2.31. The number of aromatic nitrogens is 1. The number of primary amides is 1. The normalized spacial score (nSPS) is 28.9. The summed E-state index contributed by atoms with van der Waals surface area (Å²) in [6.07, 6.45) is 4.41. The Bertz CT molecular complexity index is 1280. The molecule has 0 spiro atoms. The van der Waals surface area contributed by atoms with Crippen LogP contribution in [0.25, 0.3) is 0 Å². The smallest absolute Gasteiger partial charge is 0.459 e. The Labute approximate surface area is 239 Å². The van der Waals surface area contributed by atoms with Gasteiger partial charge in [0.05, 0.1) is 6.61 Å². The van der Waals surface area contributed by atoms with Crippen molar-refractivity contribution in [2.24, 2.45) is 5.73 Å². The number of nitrogens with one attached hydrogen (secondary N) is 1. The van der Waals surface area contributed by atoms with Crippen LogP contribution in [0, 0.1) is 0 Å². The van der Waals surface area contributed by atoms with Gasteiger partial charge in [0.2, 0.25) is 0 Å². The molecule has 2 aliphatic rings. The van der Waals surface area contributed by atoms with Crippen LogP contribution in [0.4, 0.5) is 0 Å². The second-order valence-electron chi connectivity index (χ2n) is 10.9. The number of hydrogen-bond donors (Lipinski definition) is 4. The van der Waals surface area contributed by atoms with E-state index < -0.39 is 55.8 Å². The molecule has 12 nitrogen and oxygen atoms in total. The average Bonchev–Trinajstić information content (AvgIpc) is 3.13. The van der Waals surface area contributed by atoms with Crippen molar-refractivity contribution in [3.63, 3.8) is 0 Å². The van der Waals surface area contributed by atoms with E-state index >= 15 is 0 Å². The van der Waals surface area contributed by atoms with Crippen molar-refractivity contribution in [1.29, 1.82) is 0 Å². The fourth-order valence-electron chi connectivity index (χ4n) is 5.10. The van der Waals surface area contributed by atoms with Crippen LogP contribution in [0.3, 0.4) is 0 Å². The molecule has 0 bridgehead atoms. The van der Waals surface area contributed by atoms with Gasteiger partial charge in [-0.15, -0.1) is 0 Å². The van der Waals surface area contributed by atoms with E-state index in [1.807, 2.05) is 0 Å². The monoisotopic (exact) mass is 592 g/mol. The largest absolute Gasteiger partial charge is 0.461 e. The van der Waals surface area contributed by atoms with E-state index in [4.69, 9.17) is 24.3 Å². The summed E-state index contributed by atoms with van der Waals surface area (Å²) in [6.45, 7) is 4.01. The summed E-state index contributed by atoms with van der Waals surface area (Å²) in [4.78, 5) is 24.5. The minimum absolute atomic E-state index is 0.169. The summed E-state index contributed by atoms with van der Waals surface area (Å²) in [6, 6.07) is 10.3. The van der Waals surface area contributed by atoms with E-state index in [2.05, 4.69) is 5.09 Å². The van der Waals surface area contributed by atoms with Crippen LogP contribution in [-0.2, 0) is 29.1 Å². The lowest BCUT2D eigenvalue weighted by Gasteiger charge is -2.30. The Balaban J connectivity index is 1.52. The molecular weight excluding hydrogens is 553 g/mol. The summed E-state index contributed by atoms with van der Waals surface area (Å²) >= 11 is 0. The Morgan fingerprint density at radius 3 is 2.46 bits per heavy atom. The molecule has 0 radical (unpaired) electrons. The van der Waals surface area contributed by atoms with E-state index in [0.29, 0.717) is 0 Å². The highest BCUT2D eigenvalue weighted by Crippen LogP contribution is 2.48. The highest BCUT2D eigenvalue weighted by Gasteiger charge is 2.64. The van der Waals surface area contributed by atoms with Crippen LogP contribution in [0.5, 0.6) is 5.75 Å². The molecule has 1 aliphatic carbocycles. The molecule has 224 valence electrons. The van der Waals surface area contributed by atoms with Crippen molar-refractivity contribution < 1.29 is 47.5 Å². The van der Waals surface area contributed by atoms with Gasteiger partial charge in [-0.05, 0) is 57.7 Å². The number of nitrogens with two attached hydrogens (primary N) is 1. The van der Waals surface area contributed by atoms with E-state index in [1.165, 1.54) is 37.6 Å². The molecule has 1 aromatic carbocycles. The molecular formula is C28H39N3O9P+. The first-order valence-electron chi connectivity index (χ1n) is 13.7. The zero-order valence-electron chi connectivity index (χ0n) is 23.5. The Hall–Kier alpha value is -2.86. The first-order chi connectivity index (χ1) is 19.4. The summed E-state index contributed by atoms with van der Waals surface area (Å²) < 4.78 is 38.7. The molecule has 41 heavy (non-hydrogen) atoms. The zero-order chi connectivity index (χ0) is 29.8. The maximum atomic E-state index is 14.0. The molecule has 13 heteroatoms. The molecule has 1 aliphatic heterocycles. The molecule has 2 heterocycles. The molecule has 1 saturated heterocycles. The number of carbonyl (C=O) groups excluding carboxylic acids is 2. The molecule has 1 saturated carbocycles. The van der Waals surface area contributed by atoms with Crippen molar-refractivity contribution in [1.82, 2.24) is 5.09 Å². The molecule has 6 atom stereocenters. The van der Waals surface area contributed by atoms with Crippen LogP contribution in [-0.4, -0.2) is 58.7 Å². The molecule has 2 aromatic rings. The van der Waals surface area contributed by atoms with Crippen LogP contribution in [0.1, 0.15) is 63.2 Å². The predicted molar refractivity (Wildman–Crippen MR) is 146 cm³/mol. The minimum atomic E-state index is -4.27. The van der Waals surface area contributed by atoms with Gasteiger partial charge in [0.1, 0.15) is 35.2 Å². The second kappa shape index (κ2) is 12.6. The number of rotatable bonds is 11. The fourth-order valence-corrected chi connectivity index (χ4v) is 6.68. The summed E-state index contributed by atoms with van der Waals surface area (Å²) in [7, 11) is -4.27. The minimum Gasteiger partial charge on any atom is -0.461 e. The van der Waals surface area contributed by atoms with Gasteiger partial charge >= 0.3 is 13.7 Å². The average molecular weight is 593 g/mol. The maximum Gasteiger partial charge on any atom is 0.459 e. The molecule has 5 N–H and O–H groups in total. The van der Waals surface area contributed by atoms with Crippen LogP contribution in [0.15, 0.2) is 54.9 Å². The lowest BCUT2D eigenvalue weighted by atomic mass is 9.96. The van der Waals surface area contributed by atoms with Gasteiger partial charge in [-0.25, -0.2) is 4.57 Å². The van der Waals surface area contributed by atoms with Crippen molar-refractivity contribution in [2.75, 3.05) is 6.61 Å². The van der Waals surface area contributed by atoms with Crippen LogP contribution < -0.4 is 19.9 Å². The van der Waals surface area contributed by atoms with E-state index in [9.17, 15) is 24.4 Å². The molecule has 1 amide bonds. The number of nitrogens with zero attached hydrogens (tertiary/aromatic N) is 1. The number of pyridine rings is 1. The molecule has 4 rings (SSSR count). The zero-order valence-corrected chi connectivity index (χ0v) is 24.4. The van der Waals surface area contributed by atoms with Crippen LogP contribution >= 0.6 is 7.75 Å². The number of amides is 1. The molecule has 5 unspecified atom stereocenters. The number of para-hydroxylation sites is 1. The number of benzene rings is 1. The lowest BCUT2D eigenvalue weighted by Crippen LogP contribution is -2.61. The second-order valence-corrected chi connectivity index (χ2v) is 12.6. The van der Waals surface area contributed by atoms with Gasteiger partial charge in [-0.3, -0.25) is 14.1 Å². The summed E-state index contributed by atoms with van der Waals surface area (Å²) in [5.74, 6) is -1.05. The van der Waals surface area contributed by atoms with Gasteiger partial charge < -0.3 is 29.9 Å². The quantitative estimate of drug-likeness (QED) is 0.172. The van der Waals surface area contributed by atoms with Crippen molar-refractivity contribution >= 4 is 19.6 Å². The fraction of sp³-hybridized carbons (Fsp3) is 0.536. The number of aliphatic hydroxyl groups excluding tert-OH is 2. The highest BCUT2D eigenvalue weighted by atomic mass is 31.2. The standard InChI is InChI=1S/C28H38N3O9P/c1-19(26(35)38-21-12-6-4-7-13-21)30-41(36,39-22-14-8-5-9-15-22)37-18-27(2)23(32)24(33)28(3,40-27)31-16-10-11-20(17-31)25(29)34/h5,8-11,14-17,19,21,23-24,32-33H,4,6-7,12-13,18H2,1-3H3,(H2-,29,30,34,36)/p+1/t19-,23?,24?,27?,28?,41?/m0/s1. The first kappa shape index (κ1) is 31.1. The van der Waals surface area contributed by atoms with Crippen LogP contribution in [0.2, 0.25) is 0 Å². The SMILES string of the molecule is C[C@H](NP(=O)(OCC1(C)OC(C)([n+]2cccc(C(N)=O)c2)C(O)C1O)Oc1ccccc1)C(=O)OC1CCCCC1. The van der Waals surface area contributed by atoms with Gasteiger partial charge in [0.25, 0.3) is 11.6 Å². The number of esters is 1. The van der Waals surface area contributed by atoms with Crippen molar-refractivity contribution in [2.45, 2.75) is 88.6 Å². The highest BCUT2D eigenvalue weighted by molar-refractivity contribution is 7.52. The van der Waals surface area contributed by atoms with E-state index in [0.717, 1.165) is 32.1 Å². The van der Waals surface area contributed by atoms with E-state index in [-0.39, 0.29) is 17.4 Å². The number of ether oxygens (including phenoxy) is 2. The third-order valence-corrected chi connectivity index (χ3v) is 9.17. The third kappa shape index (κ3) is 7.14. The van der Waals surface area contributed by atoms with E-state index in [1.54, 1.807) is 42.6 Å². The number of hydrogen-bond acceptors (Lipinski definition) is 9. The lowest BCUT2D eigenvalue weighted by molar-refractivity contribution is -0.811. The molecule has 1 aromatic heterocycles. The Morgan fingerprint density at radius 1 is 1.12 bits per heavy atom. The third-order valence-electron chi connectivity index (χ3n) is 7.54. The maximum absolute atomic E-state index is 14.0. The number of aliphatic hydroxyl groups is 2. The van der Waals surface area contributed by atoms with Gasteiger partial charge in [0.15, 0.2) is 18.5 Å². The number of carbonyl (C=O) groups is 2. The Morgan fingerprint density at radius 2 is 1.80 bits per heavy atom. The van der Waals surface area contributed by atoms with Gasteiger partial charge in [-0.2, -0.15) is 9.65 Å². The summed E-state index contributed by atoms with van der Waals surface area (Å²) in [5, 5.41) is 24.7. The first-order valence-corrected chi connectivity index (χ1v) is 15.2. The molecule has 2 fully saturated rings. The van der Waals surface area contributed by atoms with Gasteiger partial charge in [-0.1, -0.05) is 24.6 Å². The van der Waals surface area contributed by atoms with Gasteiger partial charge in [0, 0.05) is 13.0 Å². The Kier molecular flexibility index (Phi) is 9.52. The topological polar surface area (TPSA) is 171 Å². The van der Waals surface area contributed by atoms with Crippen molar-refractivity contribution in [3.8, 4) is 5.75 Å². The van der Waals surface area contributed by atoms with Crippen molar-refractivity contribution in [3.05, 3.63) is 60.4 Å².